The molecule has 1 amide bonds. The summed E-state index contributed by atoms with van der Waals surface area (Å²) in [7, 11) is 1.55. The molecule has 24 heavy (non-hydrogen) atoms. The molecule has 0 N–H and O–H groups in total. The van der Waals surface area contributed by atoms with Gasteiger partial charge in [-0.05, 0) is 42.2 Å². The number of carbonyl (C=O) groups excluding carboxylic acids is 1. The average Bonchev–Trinajstić information content (AvgIpc) is 2.96. The van der Waals surface area contributed by atoms with Crippen molar-refractivity contribution in [3.63, 3.8) is 0 Å². The van der Waals surface area contributed by atoms with E-state index in [1.54, 1.807) is 31.0 Å². The molecule has 0 unspecified atom stereocenters. The minimum absolute atomic E-state index is 0.324. The fourth-order valence-electron chi connectivity index (χ4n) is 2.68. The van der Waals surface area contributed by atoms with Crippen molar-refractivity contribution in [2.75, 3.05) is 31.4 Å². The van der Waals surface area contributed by atoms with E-state index in [0.717, 1.165) is 10.5 Å². The molecule has 4 nitrogen and oxygen atoms in total. The van der Waals surface area contributed by atoms with Gasteiger partial charge in [0.1, 0.15) is 11.9 Å². The molecule has 1 heterocycles. The second-order valence-corrected chi connectivity index (χ2v) is 6.34. The van der Waals surface area contributed by atoms with Gasteiger partial charge in [0.15, 0.2) is 0 Å². The molecular weight excluding hydrogens is 329 g/mol. The van der Waals surface area contributed by atoms with Crippen LogP contribution >= 0.6 is 11.8 Å². The summed E-state index contributed by atoms with van der Waals surface area (Å²) in [5, 5.41) is 0. The highest BCUT2D eigenvalue weighted by atomic mass is 32.2. The lowest BCUT2D eigenvalue weighted by Crippen LogP contribution is -2.25. The number of cyclic esters (lactones) is 1. The van der Waals surface area contributed by atoms with E-state index in [2.05, 4.69) is 0 Å². The third kappa shape index (κ3) is 3.39. The normalized spacial score (nSPS) is 17.2. The molecule has 0 aromatic heterocycles. The first-order valence-corrected chi connectivity index (χ1v) is 8.76. The fourth-order valence-corrected chi connectivity index (χ4v) is 3.09. The van der Waals surface area contributed by atoms with Crippen LogP contribution in [0.25, 0.3) is 11.1 Å². The Kier molecular flexibility index (Phi) is 5.06. The van der Waals surface area contributed by atoms with Gasteiger partial charge in [-0.1, -0.05) is 12.1 Å². The van der Waals surface area contributed by atoms with Crippen molar-refractivity contribution in [1.82, 2.24) is 0 Å². The van der Waals surface area contributed by atoms with E-state index in [1.807, 2.05) is 30.5 Å². The summed E-state index contributed by atoms with van der Waals surface area (Å²) in [6.07, 6.45) is 1.19. The van der Waals surface area contributed by atoms with Gasteiger partial charge in [0.2, 0.25) is 0 Å². The summed E-state index contributed by atoms with van der Waals surface area (Å²) in [6, 6.07) is 12.5. The topological polar surface area (TPSA) is 38.8 Å². The van der Waals surface area contributed by atoms with Crippen molar-refractivity contribution in [2.45, 2.75) is 11.0 Å². The Balaban J connectivity index is 1.83. The van der Waals surface area contributed by atoms with Crippen molar-refractivity contribution in [1.29, 1.82) is 0 Å². The zero-order valence-corrected chi connectivity index (χ0v) is 14.3. The molecule has 1 aliphatic rings. The molecule has 0 saturated carbocycles. The van der Waals surface area contributed by atoms with Crippen LogP contribution in [0.5, 0.6) is 0 Å². The first kappa shape index (κ1) is 16.8. The van der Waals surface area contributed by atoms with Gasteiger partial charge in [-0.3, -0.25) is 4.90 Å². The Morgan fingerprint density at radius 1 is 1.29 bits per heavy atom. The minimum atomic E-state index is -0.478. The predicted molar refractivity (Wildman–Crippen MR) is 93.1 cm³/mol. The van der Waals surface area contributed by atoms with E-state index in [-0.39, 0.29) is 11.9 Å². The summed E-state index contributed by atoms with van der Waals surface area (Å²) in [6.45, 7) is 0.679. The number of halogens is 1. The van der Waals surface area contributed by atoms with Gasteiger partial charge in [0.25, 0.3) is 0 Å². The molecule has 2 aromatic carbocycles. The van der Waals surface area contributed by atoms with E-state index in [1.165, 1.54) is 11.0 Å². The highest BCUT2D eigenvalue weighted by molar-refractivity contribution is 7.98. The van der Waals surface area contributed by atoms with Gasteiger partial charge < -0.3 is 9.47 Å². The number of methoxy groups -OCH3 is 1. The molecule has 2 aromatic rings. The number of hydrogen-bond acceptors (Lipinski definition) is 4. The molecule has 1 fully saturated rings. The Bertz CT molecular complexity index is 736. The van der Waals surface area contributed by atoms with Gasteiger partial charge >= 0.3 is 6.09 Å². The van der Waals surface area contributed by atoms with Crippen molar-refractivity contribution in [2.24, 2.45) is 0 Å². The maximum absolute atomic E-state index is 14.5. The maximum atomic E-state index is 14.5. The number of hydrogen-bond donors (Lipinski definition) is 0. The summed E-state index contributed by atoms with van der Waals surface area (Å²) in [5.41, 5.74) is 1.80. The second kappa shape index (κ2) is 7.23. The predicted octanol–water partition coefficient (Wildman–Crippen LogP) is 4.19. The van der Waals surface area contributed by atoms with Gasteiger partial charge in [-0.25, -0.2) is 9.18 Å². The molecule has 0 aliphatic carbocycles. The highest BCUT2D eigenvalue weighted by Gasteiger charge is 2.32. The van der Waals surface area contributed by atoms with E-state index in [4.69, 9.17) is 9.47 Å². The number of thioether (sulfide) groups is 1. The highest BCUT2D eigenvalue weighted by Crippen LogP contribution is 2.30. The number of rotatable bonds is 5. The Labute approximate surface area is 144 Å². The summed E-state index contributed by atoms with van der Waals surface area (Å²) in [4.78, 5) is 14.5. The molecule has 0 bridgehead atoms. The molecule has 1 saturated heterocycles. The average molecular weight is 347 g/mol. The van der Waals surface area contributed by atoms with Crippen LogP contribution in [-0.4, -0.2) is 38.7 Å². The smallest absolute Gasteiger partial charge is 0.414 e. The van der Waals surface area contributed by atoms with Crippen LogP contribution in [0.1, 0.15) is 0 Å². The molecule has 6 heteroatoms. The monoisotopic (exact) mass is 347 g/mol. The van der Waals surface area contributed by atoms with Gasteiger partial charge in [-0.15, -0.1) is 11.8 Å². The van der Waals surface area contributed by atoms with Crippen molar-refractivity contribution >= 4 is 23.5 Å². The number of carbonyl (C=O) groups is 1. The van der Waals surface area contributed by atoms with Crippen molar-refractivity contribution in [3.05, 3.63) is 48.3 Å². The molecule has 1 atom stereocenters. The van der Waals surface area contributed by atoms with Crippen LogP contribution in [0.2, 0.25) is 0 Å². The Morgan fingerprint density at radius 2 is 2.04 bits per heavy atom. The van der Waals surface area contributed by atoms with Crippen LogP contribution in [0.4, 0.5) is 14.9 Å². The lowest BCUT2D eigenvalue weighted by atomic mass is 10.0. The van der Waals surface area contributed by atoms with Crippen LogP contribution < -0.4 is 4.90 Å². The number of amides is 1. The van der Waals surface area contributed by atoms with E-state index in [0.29, 0.717) is 24.4 Å². The zero-order chi connectivity index (χ0) is 17.1. The lowest BCUT2D eigenvalue weighted by molar-refractivity contribution is 0.0718. The van der Waals surface area contributed by atoms with Crippen LogP contribution in [0.3, 0.4) is 0 Å². The van der Waals surface area contributed by atoms with Gasteiger partial charge in [-0.2, -0.15) is 0 Å². The van der Waals surface area contributed by atoms with E-state index >= 15 is 0 Å². The van der Waals surface area contributed by atoms with E-state index in [9.17, 15) is 9.18 Å². The Hall–Kier alpha value is -2.05. The number of ether oxygens (including phenoxy) is 2. The Morgan fingerprint density at radius 3 is 2.67 bits per heavy atom. The summed E-state index contributed by atoms with van der Waals surface area (Å²) >= 11 is 1.64. The van der Waals surface area contributed by atoms with Crippen LogP contribution in [0, 0.1) is 5.82 Å². The molecule has 126 valence electrons. The third-order valence-corrected chi connectivity index (χ3v) is 4.64. The second-order valence-electron chi connectivity index (χ2n) is 5.46. The van der Waals surface area contributed by atoms with Crippen LogP contribution in [-0.2, 0) is 9.47 Å². The SMILES string of the molecule is COC[C@H]1CN(c2ccc(-c3ccc(SC)cc3)c(F)c2)C(=O)O1. The molecule has 1 aliphatic heterocycles. The van der Waals surface area contributed by atoms with Crippen molar-refractivity contribution < 1.29 is 18.7 Å². The zero-order valence-electron chi connectivity index (χ0n) is 13.5. The molecule has 0 spiro atoms. The summed E-state index contributed by atoms with van der Waals surface area (Å²) in [5.74, 6) is -0.368. The number of anilines is 1. The molecule has 3 rings (SSSR count). The van der Waals surface area contributed by atoms with Crippen molar-refractivity contribution in [3.8, 4) is 11.1 Å². The quantitative estimate of drug-likeness (QED) is 0.761. The first-order chi connectivity index (χ1) is 11.6. The van der Waals surface area contributed by atoms with Crippen LogP contribution in [0.15, 0.2) is 47.4 Å². The lowest BCUT2D eigenvalue weighted by Gasteiger charge is -2.14. The van der Waals surface area contributed by atoms with E-state index < -0.39 is 6.09 Å². The largest absolute Gasteiger partial charge is 0.441 e. The minimum Gasteiger partial charge on any atom is -0.441 e. The van der Waals surface area contributed by atoms with Gasteiger partial charge in [0, 0.05) is 17.6 Å². The molecule has 0 radical (unpaired) electrons. The van der Waals surface area contributed by atoms with Gasteiger partial charge in [0.05, 0.1) is 18.8 Å². The maximum Gasteiger partial charge on any atom is 0.414 e. The number of nitrogens with zero attached hydrogens (tertiary/aromatic N) is 1. The third-order valence-electron chi connectivity index (χ3n) is 3.89. The first-order valence-electron chi connectivity index (χ1n) is 7.53. The fraction of sp³-hybridized carbons (Fsp3) is 0.278. The standard InChI is InChI=1S/C18H18FNO3S/c1-22-11-14-10-20(18(21)23-14)13-5-8-16(17(19)9-13)12-3-6-15(24-2)7-4-12/h3-9,14H,10-11H2,1-2H3/t14-/m1/s1. The summed E-state index contributed by atoms with van der Waals surface area (Å²) < 4.78 is 24.7. The molecular formula is C18H18FNO3S. The number of benzene rings is 2.